The molecule has 1 aromatic heterocycles. The van der Waals surface area contributed by atoms with Crippen molar-refractivity contribution < 1.29 is 8.42 Å². The summed E-state index contributed by atoms with van der Waals surface area (Å²) in [6.07, 6.45) is 2.58. The van der Waals surface area contributed by atoms with Crippen LogP contribution < -0.4 is 10.6 Å². The van der Waals surface area contributed by atoms with E-state index in [2.05, 4.69) is 4.98 Å². The van der Waals surface area contributed by atoms with Crippen LogP contribution in [0.1, 0.15) is 32.0 Å². The highest BCUT2D eigenvalue weighted by Crippen LogP contribution is 2.27. The Morgan fingerprint density at radius 1 is 1.48 bits per heavy atom. The van der Waals surface area contributed by atoms with Gasteiger partial charge in [0.15, 0.2) is 9.84 Å². The van der Waals surface area contributed by atoms with Crippen molar-refractivity contribution in [3.63, 3.8) is 0 Å². The zero-order valence-electron chi connectivity index (χ0n) is 12.5. The van der Waals surface area contributed by atoms with Crippen LogP contribution in [0.25, 0.3) is 0 Å². The summed E-state index contributed by atoms with van der Waals surface area (Å²) in [7, 11) is -3.10. The van der Waals surface area contributed by atoms with E-state index in [1.165, 1.54) is 0 Å². The van der Waals surface area contributed by atoms with Crippen molar-refractivity contribution in [2.24, 2.45) is 5.73 Å². The molecular weight excluding hydrogens is 306 g/mol. The largest absolute Gasteiger partial charge is 0.352 e. The minimum Gasteiger partial charge on any atom is -0.352 e. The fourth-order valence-electron chi connectivity index (χ4n) is 2.36. The Hall–Kier alpha value is -0.790. The van der Waals surface area contributed by atoms with Crippen molar-refractivity contribution in [3.05, 3.63) is 24.0 Å². The van der Waals surface area contributed by atoms with Crippen molar-refractivity contribution >= 4 is 27.3 Å². The highest BCUT2D eigenvalue weighted by Gasteiger charge is 2.33. The molecular formula is C14H23N3O2S2. The molecule has 0 amide bonds. The normalized spacial score (nSPS) is 21.3. The van der Waals surface area contributed by atoms with Gasteiger partial charge >= 0.3 is 0 Å². The summed E-state index contributed by atoms with van der Waals surface area (Å²) in [4.78, 5) is 6.36. The van der Waals surface area contributed by atoms with Gasteiger partial charge in [-0.15, -0.1) is 0 Å². The van der Waals surface area contributed by atoms with E-state index >= 15 is 0 Å². The first-order valence-electron chi connectivity index (χ1n) is 7.27. The van der Waals surface area contributed by atoms with Crippen LogP contribution >= 0.6 is 11.8 Å². The molecule has 0 radical (unpaired) electrons. The fourth-order valence-corrected chi connectivity index (χ4v) is 5.35. The number of nitrogens with two attached hydrogens (primary N) is 1. The molecule has 2 atom stereocenters. The highest BCUT2D eigenvalue weighted by atomic mass is 32.2. The molecule has 1 saturated heterocycles. The standard InChI is InChI=1S/C14H23N3O2S2/c1-3-12(15)13-6-5-11(9-16-13)17-7-8-20-10-14(17)21(18,19)4-2/h5-6,9,12,14H,3-4,7-8,10,15H2,1-2H3/t12-,14?/m0/s1. The van der Waals surface area contributed by atoms with Crippen molar-refractivity contribution in [2.45, 2.75) is 31.7 Å². The Bertz CT molecular complexity index is 560. The number of sulfone groups is 1. The predicted molar refractivity (Wildman–Crippen MR) is 89.4 cm³/mol. The summed E-state index contributed by atoms with van der Waals surface area (Å²) in [5, 5.41) is -0.450. The zero-order chi connectivity index (χ0) is 15.5. The van der Waals surface area contributed by atoms with Crippen molar-refractivity contribution in [1.29, 1.82) is 0 Å². The third-order valence-corrected chi connectivity index (χ3v) is 7.11. The summed E-state index contributed by atoms with van der Waals surface area (Å²) in [6, 6.07) is 3.78. The average Bonchev–Trinajstić information content (AvgIpc) is 2.54. The van der Waals surface area contributed by atoms with Gasteiger partial charge in [0.1, 0.15) is 5.37 Å². The van der Waals surface area contributed by atoms with E-state index in [1.807, 2.05) is 24.0 Å². The minimum atomic E-state index is -3.10. The van der Waals surface area contributed by atoms with Crippen LogP contribution in [-0.4, -0.2) is 42.6 Å². The second-order valence-electron chi connectivity index (χ2n) is 5.13. The third kappa shape index (κ3) is 3.70. The van der Waals surface area contributed by atoms with Gasteiger partial charge in [-0.25, -0.2) is 8.42 Å². The molecule has 2 rings (SSSR count). The Morgan fingerprint density at radius 2 is 2.24 bits per heavy atom. The third-order valence-electron chi connectivity index (χ3n) is 3.82. The molecule has 0 aliphatic carbocycles. The first kappa shape index (κ1) is 16.6. The highest BCUT2D eigenvalue weighted by molar-refractivity contribution is 8.01. The van der Waals surface area contributed by atoms with Gasteiger partial charge in [0.05, 0.1) is 17.6 Å². The molecule has 1 fully saturated rings. The average molecular weight is 329 g/mol. The lowest BCUT2D eigenvalue weighted by Gasteiger charge is -2.36. The summed E-state index contributed by atoms with van der Waals surface area (Å²) < 4.78 is 24.5. The van der Waals surface area contributed by atoms with Crippen molar-refractivity contribution in [2.75, 3.05) is 28.7 Å². The number of hydrogen-bond acceptors (Lipinski definition) is 6. The van der Waals surface area contributed by atoms with Crippen molar-refractivity contribution in [1.82, 2.24) is 4.98 Å². The molecule has 0 aromatic carbocycles. The lowest BCUT2D eigenvalue weighted by molar-refractivity contribution is 0.579. The van der Waals surface area contributed by atoms with E-state index < -0.39 is 15.2 Å². The molecule has 5 nitrogen and oxygen atoms in total. The zero-order valence-corrected chi connectivity index (χ0v) is 14.2. The predicted octanol–water partition coefficient (Wildman–Crippen LogP) is 1.81. The van der Waals surface area contributed by atoms with Crippen LogP contribution in [0.15, 0.2) is 18.3 Å². The quantitative estimate of drug-likeness (QED) is 0.888. The van der Waals surface area contributed by atoms with Crippen LogP contribution in [0.2, 0.25) is 0 Å². The smallest absolute Gasteiger partial charge is 0.171 e. The molecule has 1 unspecified atom stereocenters. The van der Waals surface area contributed by atoms with Gasteiger partial charge in [0.25, 0.3) is 0 Å². The monoisotopic (exact) mass is 329 g/mol. The van der Waals surface area contributed by atoms with Gasteiger partial charge < -0.3 is 10.6 Å². The van der Waals surface area contributed by atoms with Gasteiger partial charge in [0, 0.05) is 29.8 Å². The van der Waals surface area contributed by atoms with E-state index in [0.29, 0.717) is 5.75 Å². The summed E-state index contributed by atoms with van der Waals surface area (Å²) in [6.45, 7) is 4.45. The Balaban J connectivity index is 2.26. The molecule has 1 aliphatic heterocycles. The van der Waals surface area contributed by atoms with Crippen LogP contribution in [0.3, 0.4) is 0 Å². The summed E-state index contributed by atoms with van der Waals surface area (Å²) in [5.74, 6) is 1.72. The fraction of sp³-hybridized carbons (Fsp3) is 0.643. The second kappa shape index (κ2) is 6.98. The summed E-state index contributed by atoms with van der Waals surface area (Å²) in [5.41, 5.74) is 7.68. The van der Waals surface area contributed by atoms with Crippen LogP contribution in [0.5, 0.6) is 0 Å². The van der Waals surface area contributed by atoms with Crippen LogP contribution in [-0.2, 0) is 9.84 Å². The maximum absolute atomic E-state index is 12.3. The maximum Gasteiger partial charge on any atom is 0.171 e. The van der Waals surface area contributed by atoms with E-state index in [-0.39, 0.29) is 11.8 Å². The molecule has 7 heteroatoms. The molecule has 118 valence electrons. The van der Waals surface area contributed by atoms with Gasteiger partial charge in [-0.3, -0.25) is 4.98 Å². The SMILES string of the molecule is CC[C@H](N)c1ccc(N2CCSCC2S(=O)(=O)CC)cn1. The molecule has 2 N–H and O–H groups in total. The molecule has 2 heterocycles. The number of aromatic nitrogens is 1. The first-order chi connectivity index (χ1) is 9.99. The number of pyridine rings is 1. The van der Waals surface area contributed by atoms with Crippen molar-refractivity contribution in [3.8, 4) is 0 Å². The number of hydrogen-bond donors (Lipinski definition) is 1. The topological polar surface area (TPSA) is 76.3 Å². The van der Waals surface area contributed by atoms with Gasteiger partial charge in [0.2, 0.25) is 0 Å². The summed E-state index contributed by atoms with van der Waals surface area (Å²) >= 11 is 1.69. The van der Waals surface area contributed by atoms with Gasteiger partial charge in [-0.05, 0) is 18.6 Å². The van der Waals surface area contributed by atoms with E-state index in [1.54, 1.807) is 24.9 Å². The lowest BCUT2D eigenvalue weighted by Crippen LogP contribution is -2.48. The Morgan fingerprint density at radius 3 is 2.81 bits per heavy atom. The molecule has 1 aliphatic rings. The maximum atomic E-state index is 12.3. The molecule has 21 heavy (non-hydrogen) atoms. The number of nitrogens with zero attached hydrogens (tertiary/aromatic N) is 2. The Labute approximate surface area is 131 Å². The lowest BCUT2D eigenvalue weighted by atomic mass is 10.1. The molecule has 0 bridgehead atoms. The second-order valence-corrected chi connectivity index (χ2v) is 8.73. The minimum absolute atomic E-state index is 0.0638. The van der Waals surface area contributed by atoms with E-state index in [4.69, 9.17) is 5.73 Å². The molecule has 1 aromatic rings. The number of thioether (sulfide) groups is 1. The van der Waals surface area contributed by atoms with Gasteiger partial charge in [-0.1, -0.05) is 13.8 Å². The number of anilines is 1. The van der Waals surface area contributed by atoms with E-state index in [0.717, 1.165) is 30.1 Å². The Kier molecular flexibility index (Phi) is 5.51. The molecule has 0 spiro atoms. The van der Waals surface area contributed by atoms with Crippen LogP contribution in [0, 0.1) is 0 Å². The van der Waals surface area contributed by atoms with Crippen LogP contribution in [0.4, 0.5) is 5.69 Å². The van der Waals surface area contributed by atoms with E-state index in [9.17, 15) is 8.42 Å². The number of rotatable bonds is 5. The van der Waals surface area contributed by atoms with Gasteiger partial charge in [-0.2, -0.15) is 11.8 Å². The first-order valence-corrected chi connectivity index (χ1v) is 10.1. The molecule has 0 saturated carbocycles.